The highest BCUT2D eigenvalue weighted by molar-refractivity contribution is 5.85. The summed E-state index contributed by atoms with van der Waals surface area (Å²) in [5.74, 6) is 1.74. The van der Waals surface area contributed by atoms with E-state index >= 15 is 0 Å². The Bertz CT molecular complexity index is 554. The zero-order valence-corrected chi connectivity index (χ0v) is 17.7. The van der Waals surface area contributed by atoms with E-state index in [1.54, 1.807) is 0 Å². The standard InChI is InChI=1S/C19H31N5O.2ClH/c1-15(22-19(25)17-6-4-5-16(17)13-20)14-23-9-11-24(12-10-23)18-7-2-3-8-21-18;;/h2-3,7-8,15-17H,4-6,9-14,20H2,1H3,(H,22,25);2*1H/t15?,16-,17-;;/m1../s1. The minimum atomic E-state index is 0. The second-order valence-corrected chi connectivity index (χ2v) is 7.42. The average molecular weight is 418 g/mol. The number of carbonyl (C=O) groups is 1. The van der Waals surface area contributed by atoms with Crippen LogP contribution in [0.5, 0.6) is 0 Å². The monoisotopic (exact) mass is 417 g/mol. The minimum Gasteiger partial charge on any atom is -0.354 e. The number of amides is 1. The van der Waals surface area contributed by atoms with E-state index in [0.29, 0.717) is 12.5 Å². The summed E-state index contributed by atoms with van der Waals surface area (Å²) in [5, 5.41) is 3.21. The second-order valence-electron chi connectivity index (χ2n) is 7.42. The Labute approximate surface area is 175 Å². The van der Waals surface area contributed by atoms with Crippen molar-refractivity contribution in [2.45, 2.75) is 32.2 Å². The summed E-state index contributed by atoms with van der Waals surface area (Å²) >= 11 is 0. The smallest absolute Gasteiger partial charge is 0.223 e. The maximum Gasteiger partial charge on any atom is 0.223 e. The van der Waals surface area contributed by atoms with Crippen LogP contribution in [0, 0.1) is 11.8 Å². The molecule has 1 aromatic rings. The zero-order chi connectivity index (χ0) is 17.6. The number of aromatic nitrogens is 1. The SMILES string of the molecule is CC(CN1CCN(c2ccccn2)CC1)NC(=O)[C@@H]1CCC[C@@H]1CN.Cl.Cl. The molecule has 2 heterocycles. The molecule has 27 heavy (non-hydrogen) atoms. The third-order valence-electron chi connectivity index (χ3n) is 5.56. The molecule has 0 radical (unpaired) electrons. The number of halogens is 2. The number of hydrogen-bond acceptors (Lipinski definition) is 5. The molecule has 1 saturated carbocycles. The topological polar surface area (TPSA) is 74.5 Å². The molecular weight excluding hydrogens is 385 g/mol. The molecule has 0 spiro atoms. The van der Waals surface area contributed by atoms with Crippen molar-refractivity contribution in [1.29, 1.82) is 0 Å². The van der Waals surface area contributed by atoms with Gasteiger partial charge in [-0.15, -0.1) is 24.8 Å². The molecule has 1 amide bonds. The maximum absolute atomic E-state index is 12.5. The van der Waals surface area contributed by atoms with E-state index in [0.717, 1.165) is 57.8 Å². The first kappa shape index (κ1) is 24.0. The van der Waals surface area contributed by atoms with Crippen molar-refractivity contribution in [3.05, 3.63) is 24.4 Å². The summed E-state index contributed by atoms with van der Waals surface area (Å²) in [6, 6.07) is 6.22. The van der Waals surface area contributed by atoms with E-state index in [2.05, 4.69) is 33.1 Å². The summed E-state index contributed by atoms with van der Waals surface area (Å²) in [7, 11) is 0. The molecule has 1 unspecified atom stereocenters. The fourth-order valence-corrected chi connectivity index (χ4v) is 4.15. The van der Waals surface area contributed by atoms with Gasteiger partial charge in [0, 0.05) is 50.9 Å². The number of anilines is 1. The lowest BCUT2D eigenvalue weighted by atomic mass is 9.95. The third-order valence-corrected chi connectivity index (χ3v) is 5.56. The predicted molar refractivity (Wildman–Crippen MR) is 115 cm³/mol. The molecule has 0 aromatic carbocycles. The number of nitrogens with two attached hydrogens (primary N) is 1. The van der Waals surface area contributed by atoms with Crippen molar-refractivity contribution in [2.75, 3.05) is 44.2 Å². The van der Waals surface area contributed by atoms with Crippen LogP contribution in [0.25, 0.3) is 0 Å². The Morgan fingerprint density at radius 1 is 1.26 bits per heavy atom. The Morgan fingerprint density at radius 2 is 2.00 bits per heavy atom. The van der Waals surface area contributed by atoms with E-state index in [1.807, 2.05) is 18.3 Å². The molecule has 154 valence electrons. The van der Waals surface area contributed by atoms with Crippen molar-refractivity contribution in [3.63, 3.8) is 0 Å². The van der Waals surface area contributed by atoms with E-state index in [1.165, 1.54) is 0 Å². The summed E-state index contributed by atoms with van der Waals surface area (Å²) in [6.45, 7) is 7.61. The Kier molecular flexibility index (Phi) is 10.4. The van der Waals surface area contributed by atoms with Crippen LogP contribution in [0.2, 0.25) is 0 Å². The van der Waals surface area contributed by atoms with Crippen LogP contribution in [-0.4, -0.2) is 61.1 Å². The van der Waals surface area contributed by atoms with Crippen LogP contribution in [-0.2, 0) is 4.79 Å². The van der Waals surface area contributed by atoms with Crippen LogP contribution in [0.4, 0.5) is 5.82 Å². The van der Waals surface area contributed by atoms with Crippen LogP contribution in [0.3, 0.4) is 0 Å². The van der Waals surface area contributed by atoms with Crippen LogP contribution in [0.15, 0.2) is 24.4 Å². The highest BCUT2D eigenvalue weighted by atomic mass is 35.5. The van der Waals surface area contributed by atoms with Gasteiger partial charge in [-0.25, -0.2) is 4.98 Å². The van der Waals surface area contributed by atoms with Gasteiger partial charge in [-0.3, -0.25) is 9.69 Å². The van der Waals surface area contributed by atoms with Crippen LogP contribution < -0.4 is 16.0 Å². The lowest BCUT2D eigenvalue weighted by Crippen LogP contribution is -2.51. The number of carbonyl (C=O) groups excluding carboxylic acids is 1. The molecule has 3 N–H and O–H groups in total. The van der Waals surface area contributed by atoms with Crippen LogP contribution >= 0.6 is 24.8 Å². The lowest BCUT2D eigenvalue weighted by Gasteiger charge is -2.36. The Hall–Kier alpha value is -1.08. The molecule has 1 saturated heterocycles. The number of piperazine rings is 1. The first-order valence-electron chi connectivity index (χ1n) is 9.56. The van der Waals surface area contributed by atoms with Gasteiger partial charge >= 0.3 is 0 Å². The van der Waals surface area contributed by atoms with Crippen molar-refractivity contribution >= 4 is 36.5 Å². The molecule has 3 rings (SSSR count). The van der Waals surface area contributed by atoms with Crippen LogP contribution in [0.1, 0.15) is 26.2 Å². The molecule has 1 aromatic heterocycles. The molecule has 1 aliphatic heterocycles. The van der Waals surface area contributed by atoms with Crippen molar-refractivity contribution in [1.82, 2.24) is 15.2 Å². The fraction of sp³-hybridized carbons (Fsp3) is 0.684. The maximum atomic E-state index is 12.5. The quantitative estimate of drug-likeness (QED) is 0.739. The van der Waals surface area contributed by atoms with E-state index in [-0.39, 0.29) is 42.7 Å². The van der Waals surface area contributed by atoms with Crippen molar-refractivity contribution in [2.24, 2.45) is 17.6 Å². The van der Waals surface area contributed by atoms with Gasteiger partial charge in [-0.1, -0.05) is 12.5 Å². The first-order chi connectivity index (χ1) is 12.2. The predicted octanol–water partition coefficient (Wildman–Crippen LogP) is 1.93. The number of nitrogens with one attached hydrogen (secondary N) is 1. The van der Waals surface area contributed by atoms with Gasteiger partial charge in [0.15, 0.2) is 0 Å². The van der Waals surface area contributed by atoms with Gasteiger partial charge in [-0.05, 0) is 44.4 Å². The first-order valence-corrected chi connectivity index (χ1v) is 9.56. The highest BCUT2D eigenvalue weighted by Crippen LogP contribution is 2.31. The number of hydrogen-bond donors (Lipinski definition) is 2. The number of pyridine rings is 1. The van der Waals surface area contributed by atoms with E-state index in [9.17, 15) is 4.79 Å². The van der Waals surface area contributed by atoms with Gasteiger partial charge in [0.1, 0.15) is 5.82 Å². The van der Waals surface area contributed by atoms with E-state index < -0.39 is 0 Å². The average Bonchev–Trinajstić information content (AvgIpc) is 3.12. The summed E-state index contributed by atoms with van der Waals surface area (Å²) < 4.78 is 0. The fourth-order valence-electron chi connectivity index (χ4n) is 4.15. The lowest BCUT2D eigenvalue weighted by molar-refractivity contribution is -0.126. The Balaban J connectivity index is 0.00000182. The minimum absolute atomic E-state index is 0. The molecule has 0 bridgehead atoms. The molecular formula is C19H33Cl2N5O. The molecule has 2 fully saturated rings. The number of rotatable bonds is 6. The highest BCUT2D eigenvalue weighted by Gasteiger charge is 2.32. The van der Waals surface area contributed by atoms with Crippen molar-refractivity contribution < 1.29 is 4.79 Å². The second kappa shape index (κ2) is 11.7. The van der Waals surface area contributed by atoms with Gasteiger partial charge in [0.2, 0.25) is 5.91 Å². The van der Waals surface area contributed by atoms with Gasteiger partial charge in [0.05, 0.1) is 0 Å². The summed E-state index contributed by atoms with van der Waals surface area (Å²) in [4.78, 5) is 21.7. The molecule has 6 nitrogen and oxygen atoms in total. The zero-order valence-electron chi connectivity index (χ0n) is 16.0. The van der Waals surface area contributed by atoms with Gasteiger partial charge in [-0.2, -0.15) is 0 Å². The molecule has 8 heteroatoms. The molecule has 3 atom stereocenters. The van der Waals surface area contributed by atoms with Gasteiger partial charge in [0.25, 0.3) is 0 Å². The van der Waals surface area contributed by atoms with E-state index in [4.69, 9.17) is 5.73 Å². The normalized spacial score (nSPS) is 23.9. The summed E-state index contributed by atoms with van der Waals surface area (Å²) in [6.07, 6.45) is 5.06. The molecule has 1 aliphatic carbocycles. The third kappa shape index (κ3) is 6.49. The van der Waals surface area contributed by atoms with Gasteiger partial charge < -0.3 is 16.0 Å². The Morgan fingerprint density at radius 3 is 2.63 bits per heavy atom. The largest absolute Gasteiger partial charge is 0.354 e. The van der Waals surface area contributed by atoms with Crippen molar-refractivity contribution in [3.8, 4) is 0 Å². The summed E-state index contributed by atoms with van der Waals surface area (Å²) in [5.41, 5.74) is 5.81. The number of nitrogens with zero attached hydrogens (tertiary/aromatic N) is 3. The molecule has 2 aliphatic rings.